The van der Waals surface area contributed by atoms with Gasteiger partial charge in [-0.25, -0.2) is 4.98 Å². The highest BCUT2D eigenvalue weighted by Crippen LogP contribution is 2.39. The minimum Gasteiger partial charge on any atom is -0.305 e. The van der Waals surface area contributed by atoms with Gasteiger partial charge in [0, 0.05) is 22.2 Å². The van der Waals surface area contributed by atoms with Gasteiger partial charge in [0.1, 0.15) is 0 Å². The molecule has 1 fully saturated rings. The fraction of sp³-hybridized carbons (Fsp3) is 0.286. The molecule has 92 valence electrons. The van der Waals surface area contributed by atoms with Crippen LogP contribution in [0.5, 0.6) is 0 Å². The van der Waals surface area contributed by atoms with E-state index in [0.717, 1.165) is 15.9 Å². The maximum Gasteiger partial charge on any atom is 0.161 e. The summed E-state index contributed by atoms with van der Waals surface area (Å²) in [4.78, 5) is 16.1. The van der Waals surface area contributed by atoms with Gasteiger partial charge in [0.05, 0.1) is 17.7 Å². The molecule has 1 saturated carbocycles. The lowest BCUT2D eigenvalue weighted by atomic mass is 10.1. The molecule has 0 aliphatic heterocycles. The average molecular weight is 305 g/mol. The summed E-state index contributed by atoms with van der Waals surface area (Å²) >= 11 is 3.40. The Morgan fingerprint density at radius 2 is 2.22 bits per heavy atom. The van der Waals surface area contributed by atoms with Gasteiger partial charge in [-0.05, 0) is 38.0 Å². The summed E-state index contributed by atoms with van der Waals surface area (Å²) in [5, 5.41) is 0. The molecular weight excluding hydrogens is 292 g/mol. The smallest absolute Gasteiger partial charge is 0.161 e. The summed E-state index contributed by atoms with van der Waals surface area (Å²) in [6, 6.07) is 5.74. The van der Waals surface area contributed by atoms with E-state index in [0.29, 0.717) is 11.5 Å². The van der Waals surface area contributed by atoms with Crippen molar-refractivity contribution in [1.82, 2.24) is 9.55 Å². The fourth-order valence-corrected chi connectivity index (χ4v) is 2.44. The molecule has 1 aliphatic carbocycles. The SMILES string of the molecule is CC(=O)c1cc(Br)ccc1-n1cnc(C2CC2)c1. The zero-order valence-corrected chi connectivity index (χ0v) is 11.6. The van der Waals surface area contributed by atoms with Gasteiger partial charge < -0.3 is 4.57 Å². The van der Waals surface area contributed by atoms with Gasteiger partial charge in [-0.1, -0.05) is 15.9 Å². The van der Waals surface area contributed by atoms with Crippen molar-refractivity contribution in [2.24, 2.45) is 0 Å². The van der Waals surface area contributed by atoms with Crippen LogP contribution in [-0.4, -0.2) is 15.3 Å². The predicted molar refractivity (Wildman–Crippen MR) is 73.2 cm³/mol. The second-order valence-corrected chi connectivity index (χ2v) is 5.61. The molecular formula is C14H13BrN2O. The molecule has 2 aromatic rings. The lowest BCUT2D eigenvalue weighted by Gasteiger charge is -2.08. The van der Waals surface area contributed by atoms with E-state index in [-0.39, 0.29) is 5.78 Å². The molecule has 3 rings (SSSR count). The number of Topliss-reactive ketones (excluding diaryl/α,β-unsaturated/α-hetero) is 1. The maximum absolute atomic E-state index is 11.7. The standard InChI is InChI=1S/C14H13BrN2O/c1-9(18)12-6-11(15)4-5-14(12)17-7-13(16-8-17)10-2-3-10/h4-8,10H,2-3H2,1H3. The first-order chi connectivity index (χ1) is 8.65. The highest BCUT2D eigenvalue weighted by Gasteiger charge is 2.26. The number of nitrogens with zero attached hydrogens (tertiary/aromatic N) is 2. The third-order valence-electron chi connectivity index (χ3n) is 3.21. The Labute approximate surface area is 114 Å². The number of hydrogen-bond acceptors (Lipinski definition) is 2. The predicted octanol–water partition coefficient (Wildman–Crippen LogP) is 3.71. The summed E-state index contributed by atoms with van der Waals surface area (Å²) in [5.41, 5.74) is 2.74. The molecule has 0 unspecified atom stereocenters. The van der Waals surface area contributed by atoms with Crippen molar-refractivity contribution in [3.63, 3.8) is 0 Å². The Morgan fingerprint density at radius 3 is 2.89 bits per heavy atom. The van der Waals surface area contributed by atoms with Crippen molar-refractivity contribution in [3.8, 4) is 5.69 Å². The topological polar surface area (TPSA) is 34.9 Å². The Bertz CT molecular complexity index is 614. The van der Waals surface area contributed by atoms with Crippen molar-refractivity contribution in [2.45, 2.75) is 25.7 Å². The van der Waals surface area contributed by atoms with Crippen molar-refractivity contribution in [1.29, 1.82) is 0 Å². The Balaban J connectivity index is 2.06. The van der Waals surface area contributed by atoms with E-state index in [9.17, 15) is 4.79 Å². The molecule has 1 aromatic heterocycles. The quantitative estimate of drug-likeness (QED) is 0.810. The molecule has 0 spiro atoms. The molecule has 0 saturated heterocycles. The first-order valence-corrected chi connectivity index (χ1v) is 6.79. The monoisotopic (exact) mass is 304 g/mol. The van der Waals surface area contributed by atoms with E-state index in [4.69, 9.17) is 0 Å². The third-order valence-corrected chi connectivity index (χ3v) is 3.71. The van der Waals surface area contributed by atoms with Crippen LogP contribution in [-0.2, 0) is 0 Å². The molecule has 1 aromatic carbocycles. The molecule has 4 heteroatoms. The largest absolute Gasteiger partial charge is 0.305 e. The summed E-state index contributed by atoms with van der Waals surface area (Å²) in [6.07, 6.45) is 6.30. The minimum absolute atomic E-state index is 0.0629. The molecule has 1 aliphatic rings. The fourth-order valence-electron chi connectivity index (χ4n) is 2.08. The van der Waals surface area contributed by atoms with Crippen LogP contribution in [0.2, 0.25) is 0 Å². The van der Waals surface area contributed by atoms with Crippen LogP contribution >= 0.6 is 15.9 Å². The van der Waals surface area contributed by atoms with Crippen molar-refractivity contribution < 1.29 is 4.79 Å². The highest BCUT2D eigenvalue weighted by molar-refractivity contribution is 9.10. The number of hydrogen-bond donors (Lipinski definition) is 0. The van der Waals surface area contributed by atoms with E-state index >= 15 is 0 Å². The summed E-state index contributed by atoms with van der Waals surface area (Å²) in [7, 11) is 0. The molecule has 0 atom stereocenters. The Kier molecular flexibility index (Phi) is 2.82. The van der Waals surface area contributed by atoms with Gasteiger partial charge in [-0.3, -0.25) is 4.79 Å². The number of rotatable bonds is 3. The third kappa shape index (κ3) is 2.12. The van der Waals surface area contributed by atoms with Crippen molar-refractivity contribution in [2.75, 3.05) is 0 Å². The van der Waals surface area contributed by atoms with Gasteiger partial charge in [0.25, 0.3) is 0 Å². The Hall–Kier alpha value is -1.42. The molecule has 0 radical (unpaired) electrons. The lowest BCUT2D eigenvalue weighted by molar-refractivity contribution is 0.101. The second kappa shape index (κ2) is 4.35. The van der Waals surface area contributed by atoms with E-state index in [1.165, 1.54) is 12.8 Å². The van der Waals surface area contributed by atoms with E-state index in [1.807, 2.05) is 29.0 Å². The number of carbonyl (C=O) groups is 1. The van der Waals surface area contributed by atoms with Crippen LogP contribution in [0.25, 0.3) is 5.69 Å². The second-order valence-electron chi connectivity index (χ2n) is 4.70. The Morgan fingerprint density at radius 1 is 1.44 bits per heavy atom. The van der Waals surface area contributed by atoms with Gasteiger partial charge in [-0.2, -0.15) is 0 Å². The van der Waals surface area contributed by atoms with Gasteiger partial charge in [-0.15, -0.1) is 0 Å². The maximum atomic E-state index is 11.7. The number of imidazole rings is 1. The van der Waals surface area contributed by atoms with E-state index in [2.05, 4.69) is 20.9 Å². The number of halogens is 1. The van der Waals surface area contributed by atoms with Crippen molar-refractivity contribution >= 4 is 21.7 Å². The van der Waals surface area contributed by atoms with Gasteiger partial charge in [0.15, 0.2) is 5.78 Å². The highest BCUT2D eigenvalue weighted by atomic mass is 79.9. The zero-order chi connectivity index (χ0) is 12.7. The van der Waals surface area contributed by atoms with Gasteiger partial charge >= 0.3 is 0 Å². The summed E-state index contributed by atoms with van der Waals surface area (Å²) in [6.45, 7) is 1.59. The van der Waals surface area contributed by atoms with Crippen LogP contribution in [0.1, 0.15) is 41.7 Å². The van der Waals surface area contributed by atoms with Crippen LogP contribution in [0.15, 0.2) is 35.2 Å². The number of carbonyl (C=O) groups excluding carboxylic acids is 1. The number of aromatic nitrogens is 2. The normalized spacial score (nSPS) is 14.8. The summed E-state index contributed by atoms with van der Waals surface area (Å²) < 4.78 is 2.86. The molecule has 3 nitrogen and oxygen atoms in total. The van der Waals surface area contributed by atoms with Gasteiger partial charge in [0.2, 0.25) is 0 Å². The minimum atomic E-state index is 0.0629. The summed E-state index contributed by atoms with van der Waals surface area (Å²) in [5.74, 6) is 0.690. The van der Waals surface area contributed by atoms with Crippen molar-refractivity contribution in [3.05, 3.63) is 46.5 Å². The zero-order valence-electron chi connectivity index (χ0n) is 10.1. The number of ketones is 1. The molecule has 0 amide bonds. The molecule has 18 heavy (non-hydrogen) atoms. The van der Waals surface area contributed by atoms with Crippen LogP contribution in [0, 0.1) is 0 Å². The van der Waals surface area contributed by atoms with E-state index in [1.54, 1.807) is 13.3 Å². The number of benzene rings is 1. The molecule has 0 bridgehead atoms. The molecule has 1 heterocycles. The van der Waals surface area contributed by atoms with E-state index < -0.39 is 0 Å². The first kappa shape index (κ1) is 11.7. The van der Waals surface area contributed by atoms with Crippen LogP contribution < -0.4 is 0 Å². The molecule has 0 N–H and O–H groups in total. The first-order valence-electron chi connectivity index (χ1n) is 6.00. The van der Waals surface area contributed by atoms with Crippen LogP contribution in [0.4, 0.5) is 0 Å². The average Bonchev–Trinajstić information content (AvgIpc) is 3.08. The lowest BCUT2D eigenvalue weighted by Crippen LogP contribution is -2.01. The van der Waals surface area contributed by atoms with Crippen LogP contribution in [0.3, 0.4) is 0 Å².